The summed E-state index contributed by atoms with van der Waals surface area (Å²) in [6.45, 7) is 6.68. The molecule has 31 heavy (non-hydrogen) atoms. The first-order chi connectivity index (χ1) is 15.0. The lowest BCUT2D eigenvalue weighted by Gasteiger charge is -2.35. The number of hydrogen-bond donors (Lipinski definition) is 1. The Morgan fingerprint density at radius 1 is 1.03 bits per heavy atom. The van der Waals surface area contributed by atoms with Crippen molar-refractivity contribution in [1.82, 2.24) is 20.0 Å². The molecule has 2 aromatic heterocycles. The van der Waals surface area contributed by atoms with Gasteiger partial charge in [-0.15, -0.1) is 0 Å². The second-order valence-corrected chi connectivity index (χ2v) is 8.35. The van der Waals surface area contributed by atoms with Crippen LogP contribution in [0.15, 0.2) is 40.9 Å². The fourth-order valence-electron chi connectivity index (χ4n) is 3.79. The Bertz CT molecular complexity index is 1080. The maximum Gasteiger partial charge on any atom is 0.276 e. The third-order valence-electron chi connectivity index (χ3n) is 5.77. The van der Waals surface area contributed by atoms with E-state index in [2.05, 4.69) is 39.4 Å². The average molecular weight is 419 g/mol. The van der Waals surface area contributed by atoms with Gasteiger partial charge in [-0.05, 0) is 38.8 Å². The minimum Gasteiger partial charge on any atom is -0.360 e. The smallest absolute Gasteiger partial charge is 0.276 e. The van der Waals surface area contributed by atoms with Crippen molar-refractivity contribution in [2.24, 2.45) is 0 Å². The molecule has 0 bridgehead atoms. The standard InChI is InChI=1S/C23H26N6O2/c1-15-3-7-18(8-4-15)25-23-24-16(2)13-21(26-23)28-9-11-29(12-10-28)22(30)19-14-20(31-27-19)17-5-6-17/h3-4,7-8,13-14,17H,5-6,9-12H2,1-2H3,(H,24,25,26). The van der Waals surface area contributed by atoms with E-state index in [0.29, 0.717) is 43.7 Å². The van der Waals surface area contributed by atoms with Crippen molar-refractivity contribution in [2.75, 3.05) is 36.4 Å². The topological polar surface area (TPSA) is 87.4 Å². The molecule has 0 unspecified atom stereocenters. The minimum atomic E-state index is -0.0594. The minimum absolute atomic E-state index is 0.0594. The molecule has 1 saturated carbocycles. The van der Waals surface area contributed by atoms with Gasteiger partial charge in [0.05, 0.1) is 0 Å². The van der Waals surface area contributed by atoms with Gasteiger partial charge in [0.1, 0.15) is 11.6 Å². The number of carbonyl (C=O) groups is 1. The number of piperazine rings is 1. The quantitative estimate of drug-likeness (QED) is 0.676. The number of amides is 1. The highest BCUT2D eigenvalue weighted by Crippen LogP contribution is 2.40. The summed E-state index contributed by atoms with van der Waals surface area (Å²) in [7, 11) is 0. The summed E-state index contributed by atoms with van der Waals surface area (Å²) in [4.78, 5) is 26.0. The molecule has 5 rings (SSSR count). The van der Waals surface area contributed by atoms with Gasteiger partial charge in [-0.3, -0.25) is 4.79 Å². The molecule has 1 amide bonds. The Hall–Kier alpha value is -3.42. The molecule has 1 N–H and O–H groups in total. The van der Waals surface area contributed by atoms with Crippen LogP contribution in [0.25, 0.3) is 0 Å². The lowest BCUT2D eigenvalue weighted by Crippen LogP contribution is -2.49. The molecule has 1 aliphatic heterocycles. The molecule has 3 heterocycles. The van der Waals surface area contributed by atoms with Gasteiger partial charge in [-0.25, -0.2) is 4.98 Å². The number of nitrogens with zero attached hydrogens (tertiary/aromatic N) is 5. The maximum absolute atomic E-state index is 12.8. The predicted octanol–water partition coefficient (Wildman–Crippen LogP) is 3.66. The lowest BCUT2D eigenvalue weighted by atomic mass is 10.2. The van der Waals surface area contributed by atoms with Crippen molar-refractivity contribution in [3.63, 3.8) is 0 Å². The lowest BCUT2D eigenvalue weighted by molar-refractivity contribution is 0.0736. The summed E-state index contributed by atoms with van der Waals surface area (Å²) in [6, 6.07) is 11.9. The highest BCUT2D eigenvalue weighted by atomic mass is 16.5. The van der Waals surface area contributed by atoms with Crippen molar-refractivity contribution in [2.45, 2.75) is 32.6 Å². The van der Waals surface area contributed by atoms with Crippen molar-refractivity contribution < 1.29 is 9.32 Å². The van der Waals surface area contributed by atoms with Crippen LogP contribution in [-0.4, -0.2) is 52.1 Å². The van der Waals surface area contributed by atoms with E-state index in [1.165, 1.54) is 5.56 Å². The maximum atomic E-state index is 12.8. The molecular weight excluding hydrogens is 392 g/mol. The van der Waals surface area contributed by atoms with Crippen molar-refractivity contribution >= 4 is 23.4 Å². The Morgan fingerprint density at radius 2 is 1.77 bits per heavy atom. The van der Waals surface area contributed by atoms with E-state index in [1.807, 2.05) is 36.1 Å². The number of anilines is 3. The zero-order valence-corrected chi connectivity index (χ0v) is 17.8. The van der Waals surface area contributed by atoms with Crippen LogP contribution in [-0.2, 0) is 0 Å². The van der Waals surface area contributed by atoms with Gasteiger partial charge in [0, 0.05) is 55.6 Å². The van der Waals surface area contributed by atoms with Crippen LogP contribution in [0.5, 0.6) is 0 Å². The molecule has 1 saturated heterocycles. The van der Waals surface area contributed by atoms with E-state index in [1.54, 1.807) is 0 Å². The van der Waals surface area contributed by atoms with E-state index in [-0.39, 0.29) is 5.91 Å². The molecule has 0 radical (unpaired) electrons. The highest BCUT2D eigenvalue weighted by molar-refractivity contribution is 5.92. The number of aryl methyl sites for hydroxylation is 2. The predicted molar refractivity (Wildman–Crippen MR) is 118 cm³/mol. The van der Waals surface area contributed by atoms with Crippen LogP contribution < -0.4 is 10.2 Å². The van der Waals surface area contributed by atoms with E-state index in [4.69, 9.17) is 9.51 Å². The van der Waals surface area contributed by atoms with Gasteiger partial charge in [0.2, 0.25) is 5.95 Å². The fraction of sp³-hybridized carbons (Fsp3) is 0.391. The summed E-state index contributed by atoms with van der Waals surface area (Å²) < 4.78 is 5.34. The Balaban J connectivity index is 1.23. The molecule has 3 aromatic rings. The third-order valence-corrected chi connectivity index (χ3v) is 5.77. The van der Waals surface area contributed by atoms with E-state index < -0.39 is 0 Å². The third kappa shape index (κ3) is 4.38. The molecule has 1 aliphatic carbocycles. The summed E-state index contributed by atoms with van der Waals surface area (Å²) in [6.07, 6.45) is 2.25. The molecule has 8 nitrogen and oxygen atoms in total. The molecule has 0 spiro atoms. The molecule has 160 valence electrons. The number of benzene rings is 1. The van der Waals surface area contributed by atoms with Crippen LogP contribution in [0.4, 0.5) is 17.5 Å². The zero-order chi connectivity index (χ0) is 21.4. The van der Waals surface area contributed by atoms with E-state index >= 15 is 0 Å². The first-order valence-corrected chi connectivity index (χ1v) is 10.8. The van der Waals surface area contributed by atoms with Crippen LogP contribution in [0, 0.1) is 13.8 Å². The van der Waals surface area contributed by atoms with Crippen LogP contribution in [0.1, 0.15) is 46.3 Å². The number of hydrogen-bond acceptors (Lipinski definition) is 7. The first kappa shape index (κ1) is 19.5. The average Bonchev–Trinajstić information content (AvgIpc) is 3.51. The van der Waals surface area contributed by atoms with Crippen LogP contribution in [0.3, 0.4) is 0 Å². The fourth-order valence-corrected chi connectivity index (χ4v) is 3.79. The van der Waals surface area contributed by atoms with Gasteiger partial charge in [0.15, 0.2) is 5.69 Å². The zero-order valence-electron chi connectivity index (χ0n) is 17.8. The van der Waals surface area contributed by atoms with Crippen LogP contribution >= 0.6 is 0 Å². The van der Waals surface area contributed by atoms with Gasteiger partial charge in [-0.1, -0.05) is 22.9 Å². The summed E-state index contributed by atoms with van der Waals surface area (Å²) >= 11 is 0. The molecule has 2 fully saturated rings. The summed E-state index contributed by atoms with van der Waals surface area (Å²) in [5.74, 6) is 2.68. The van der Waals surface area contributed by atoms with Gasteiger partial charge >= 0.3 is 0 Å². The second kappa shape index (κ2) is 8.02. The molecule has 0 atom stereocenters. The van der Waals surface area contributed by atoms with E-state index in [0.717, 1.165) is 35.8 Å². The number of rotatable bonds is 5. The summed E-state index contributed by atoms with van der Waals surface area (Å²) in [5.41, 5.74) is 3.47. The van der Waals surface area contributed by atoms with Crippen molar-refractivity contribution in [1.29, 1.82) is 0 Å². The van der Waals surface area contributed by atoms with Gasteiger partial charge in [-0.2, -0.15) is 4.98 Å². The Morgan fingerprint density at radius 3 is 2.48 bits per heavy atom. The monoisotopic (exact) mass is 418 g/mol. The van der Waals surface area contributed by atoms with Crippen molar-refractivity contribution in [3.05, 3.63) is 59.1 Å². The van der Waals surface area contributed by atoms with Crippen LogP contribution in [0.2, 0.25) is 0 Å². The number of carbonyl (C=O) groups excluding carboxylic acids is 1. The highest BCUT2D eigenvalue weighted by Gasteiger charge is 2.31. The van der Waals surface area contributed by atoms with Gasteiger partial charge < -0.3 is 19.6 Å². The normalized spacial score (nSPS) is 16.5. The second-order valence-electron chi connectivity index (χ2n) is 8.35. The largest absolute Gasteiger partial charge is 0.360 e. The number of nitrogens with one attached hydrogen (secondary N) is 1. The first-order valence-electron chi connectivity index (χ1n) is 10.8. The number of aromatic nitrogens is 3. The molecule has 8 heteroatoms. The Kier molecular flexibility index (Phi) is 5.05. The molecule has 1 aromatic carbocycles. The SMILES string of the molecule is Cc1ccc(Nc2nc(C)cc(N3CCN(C(=O)c4cc(C5CC5)on4)CC3)n2)cc1. The Labute approximate surface area is 181 Å². The van der Waals surface area contributed by atoms with E-state index in [9.17, 15) is 4.79 Å². The summed E-state index contributed by atoms with van der Waals surface area (Å²) in [5, 5.41) is 7.27. The van der Waals surface area contributed by atoms with Crippen molar-refractivity contribution in [3.8, 4) is 0 Å². The molecule has 2 aliphatic rings. The molecular formula is C23H26N6O2. The van der Waals surface area contributed by atoms with Gasteiger partial charge in [0.25, 0.3) is 5.91 Å².